The molecule has 31 heavy (non-hydrogen) atoms. The zero-order valence-electron chi connectivity index (χ0n) is 16.4. The molecular weight excluding hydrogens is 408 g/mol. The highest BCUT2D eigenvalue weighted by Crippen LogP contribution is 2.31. The molecule has 2 aromatic heterocycles. The van der Waals surface area contributed by atoms with Crippen LogP contribution >= 0.6 is 11.8 Å². The Morgan fingerprint density at radius 3 is 2.06 bits per heavy atom. The summed E-state index contributed by atoms with van der Waals surface area (Å²) in [6, 6.07) is 30.1. The maximum atomic E-state index is 5.69. The fraction of sp³-hybridized carbons (Fsp3) is 0.0870. The number of rotatable bonds is 7. The Labute approximate surface area is 183 Å². The van der Waals surface area contributed by atoms with Crippen LogP contribution in [0.5, 0.6) is 0 Å². The summed E-state index contributed by atoms with van der Waals surface area (Å²) in [5, 5.41) is 16.9. The smallest absolute Gasteiger partial charge is 0.238 e. The number of thioether (sulfide) groups is 1. The first-order valence-electron chi connectivity index (χ1n) is 9.77. The van der Waals surface area contributed by atoms with Gasteiger partial charge in [0.05, 0.1) is 17.4 Å². The summed E-state index contributed by atoms with van der Waals surface area (Å²) in [5.41, 5.74) is 3.10. The predicted molar refractivity (Wildman–Crippen MR) is 117 cm³/mol. The van der Waals surface area contributed by atoms with E-state index in [0.717, 1.165) is 16.8 Å². The molecule has 0 unspecified atom stereocenters. The minimum atomic E-state index is -0.122. The van der Waals surface area contributed by atoms with Crippen LogP contribution in [0.3, 0.4) is 0 Å². The lowest BCUT2D eigenvalue weighted by molar-refractivity contribution is 0.371. The Bertz CT molecular complexity index is 1200. The van der Waals surface area contributed by atoms with Crippen LogP contribution in [0.15, 0.2) is 101 Å². The third kappa shape index (κ3) is 4.24. The highest BCUT2D eigenvalue weighted by molar-refractivity contribution is 7.98. The van der Waals surface area contributed by atoms with Gasteiger partial charge in [0.2, 0.25) is 11.0 Å². The lowest BCUT2D eigenvalue weighted by atomic mass is 9.91. The molecule has 5 rings (SSSR count). The average Bonchev–Trinajstić information content (AvgIpc) is 3.50. The van der Waals surface area contributed by atoms with Gasteiger partial charge in [0.15, 0.2) is 5.82 Å². The first-order chi connectivity index (χ1) is 15.4. The first-order valence-corrected chi connectivity index (χ1v) is 10.8. The zero-order valence-corrected chi connectivity index (χ0v) is 17.3. The number of hydrogen-bond acceptors (Lipinski definition) is 7. The number of para-hydroxylation sites is 1. The van der Waals surface area contributed by atoms with Gasteiger partial charge in [-0.25, -0.2) is 0 Å². The molecule has 0 amide bonds. The van der Waals surface area contributed by atoms with Gasteiger partial charge in [-0.15, -0.1) is 5.10 Å². The predicted octanol–water partition coefficient (Wildman–Crippen LogP) is 4.52. The molecule has 8 heteroatoms. The van der Waals surface area contributed by atoms with E-state index in [1.54, 1.807) is 4.68 Å². The highest BCUT2D eigenvalue weighted by atomic mass is 32.2. The summed E-state index contributed by atoms with van der Waals surface area (Å²) in [6.45, 7) is 0. The second-order valence-corrected chi connectivity index (χ2v) is 7.74. The number of benzene rings is 3. The van der Waals surface area contributed by atoms with Gasteiger partial charge in [-0.2, -0.15) is 9.67 Å². The minimum Gasteiger partial charge on any atom is -0.338 e. The molecule has 3 aromatic carbocycles. The van der Waals surface area contributed by atoms with Crippen LogP contribution in [0.2, 0.25) is 0 Å². The number of nitrogens with zero attached hydrogens (tertiary/aromatic N) is 6. The molecular formula is C23H18N6OS. The van der Waals surface area contributed by atoms with Crippen LogP contribution in [0, 0.1) is 0 Å². The van der Waals surface area contributed by atoms with Gasteiger partial charge in [-0.05, 0) is 33.7 Å². The van der Waals surface area contributed by atoms with Crippen LogP contribution in [0.4, 0.5) is 0 Å². The maximum Gasteiger partial charge on any atom is 0.238 e. The van der Waals surface area contributed by atoms with Gasteiger partial charge in [0, 0.05) is 0 Å². The molecule has 0 radical (unpaired) electrons. The van der Waals surface area contributed by atoms with E-state index < -0.39 is 0 Å². The molecule has 0 bridgehead atoms. The standard InChI is InChI=1S/C23H18N6OS/c1-4-10-17(11-5-1)21(18-12-6-2-7-13-18)22-24-20(26-30-22)16-31-23-25-27-28-29(23)19-14-8-3-9-15-19/h1-15,21H,16H2. The molecule has 0 aliphatic carbocycles. The van der Waals surface area contributed by atoms with Crippen molar-refractivity contribution in [3.63, 3.8) is 0 Å². The molecule has 152 valence electrons. The monoisotopic (exact) mass is 426 g/mol. The van der Waals surface area contributed by atoms with Crippen molar-refractivity contribution < 1.29 is 4.52 Å². The van der Waals surface area contributed by atoms with Gasteiger partial charge >= 0.3 is 0 Å². The average molecular weight is 427 g/mol. The Kier molecular flexibility index (Phi) is 5.53. The molecule has 0 saturated carbocycles. The summed E-state index contributed by atoms with van der Waals surface area (Å²) in [7, 11) is 0. The number of aromatic nitrogens is 6. The maximum absolute atomic E-state index is 5.69. The fourth-order valence-corrected chi connectivity index (χ4v) is 4.08. The van der Waals surface area contributed by atoms with Crippen LogP contribution in [-0.2, 0) is 5.75 Å². The number of hydrogen-bond donors (Lipinski definition) is 0. The molecule has 7 nitrogen and oxygen atoms in total. The molecule has 2 heterocycles. The second-order valence-electron chi connectivity index (χ2n) is 6.80. The summed E-state index contributed by atoms with van der Waals surface area (Å²) in [6.07, 6.45) is 0. The van der Waals surface area contributed by atoms with Crippen molar-refractivity contribution in [1.29, 1.82) is 0 Å². The topological polar surface area (TPSA) is 82.5 Å². The van der Waals surface area contributed by atoms with Gasteiger partial charge in [0.1, 0.15) is 0 Å². The van der Waals surface area contributed by atoms with E-state index in [2.05, 4.69) is 49.9 Å². The Balaban J connectivity index is 1.38. The molecule has 5 aromatic rings. The molecule has 0 fully saturated rings. The molecule has 0 aliphatic rings. The van der Waals surface area contributed by atoms with Crippen molar-refractivity contribution in [2.75, 3.05) is 0 Å². The van der Waals surface area contributed by atoms with Crippen LogP contribution in [0.1, 0.15) is 28.8 Å². The zero-order chi connectivity index (χ0) is 20.9. The lowest BCUT2D eigenvalue weighted by Crippen LogP contribution is -2.04. The molecule has 0 spiro atoms. The summed E-state index contributed by atoms with van der Waals surface area (Å²) in [5.74, 6) is 1.53. The lowest BCUT2D eigenvalue weighted by Gasteiger charge is -2.13. The van der Waals surface area contributed by atoms with Crippen molar-refractivity contribution in [2.24, 2.45) is 0 Å². The van der Waals surface area contributed by atoms with Crippen molar-refractivity contribution in [3.8, 4) is 5.69 Å². The van der Waals surface area contributed by atoms with E-state index in [1.807, 2.05) is 66.7 Å². The van der Waals surface area contributed by atoms with E-state index in [1.165, 1.54) is 11.8 Å². The van der Waals surface area contributed by atoms with Gasteiger partial charge in [-0.1, -0.05) is 95.8 Å². The van der Waals surface area contributed by atoms with Crippen LogP contribution in [0.25, 0.3) is 5.69 Å². The van der Waals surface area contributed by atoms with Gasteiger partial charge in [-0.3, -0.25) is 0 Å². The largest absolute Gasteiger partial charge is 0.338 e. The fourth-order valence-electron chi connectivity index (χ4n) is 3.34. The van der Waals surface area contributed by atoms with Crippen molar-refractivity contribution >= 4 is 11.8 Å². The van der Waals surface area contributed by atoms with Gasteiger partial charge in [0.25, 0.3) is 0 Å². The normalized spacial score (nSPS) is 11.1. The third-order valence-corrected chi connectivity index (χ3v) is 5.68. The molecule has 0 atom stereocenters. The Morgan fingerprint density at radius 1 is 0.806 bits per heavy atom. The van der Waals surface area contributed by atoms with Crippen molar-refractivity contribution in [3.05, 3.63) is 114 Å². The second kappa shape index (κ2) is 8.93. The number of tetrazole rings is 1. The Hall–Kier alpha value is -3.78. The SMILES string of the molecule is c1ccc(C(c2ccccc2)c2nc(CSc3nnnn3-c3ccccc3)no2)cc1. The van der Waals surface area contributed by atoms with E-state index in [0.29, 0.717) is 22.6 Å². The molecule has 0 N–H and O–H groups in total. The summed E-state index contributed by atoms with van der Waals surface area (Å²) >= 11 is 1.46. The van der Waals surface area contributed by atoms with Crippen molar-refractivity contribution in [1.82, 2.24) is 30.3 Å². The molecule has 0 saturated heterocycles. The first kappa shape index (κ1) is 19.2. The quantitative estimate of drug-likeness (QED) is 0.354. The van der Waals surface area contributed by atoms with Crippen LogP contribution < -0.4 is 0 Å². The van der Waals surface area contributed by atoms with Crippen molar-refractivity contribution in [2.45, 2.75) is 16.8 Å². The van der Waals surface area contributed by atoms with E-state index >= 15 is 0 Å². The highest BCUT2D eigenvalue weighted by Gasteiger charge is 2.23. The van der Waals surface area contributed by atoms with E-state index in [-0.39, 0.29) is 5.92 Å². The van der Waals surface area contributed by atoms with E-state index in [9.17, 15) is 0 Å². The Morgan fingerprint density at radius 2 is 1.42 bits per heavy atom. The minimum absolute atomic E-state index is 0.122. The summed E-state index contributed by atoms with van der Waals surface area (Å²) in [4.78, 5) is 4.69. The van der Waals surface area contributed by atoms with Gasteiger partial charge < -0.3 is 4.52 Å². The van der Waals surface area contributed by atoms with E-state index in [4.69, 9.17) is 4.52 Å². The summed E-state index contributed by atoms with van der Waals surface area (Å²) < 4.78 is 7.38. The third-order valence-electron chi connectivity index (χ3n) is 4.77. The molecule has 0 aliphatic heterocycles. The van der Waals surface area contributed by atoms with Crippen LogP contribution in [-0.4, -0.2) is 30.3 Å².